The molecule has 0 aliphatic heterocycles. The number of nitrogens with one attached hydrogen (secondary N) is 2. The van der Waals surface area contributed by atoms with Crippen molar-refractivity contribution in [1.82, 2.24) is 25.3 Å². The Labute approximate surface area is 349 Å². The van der Waals surface area contributed by atoms with Crippen molar-refractivity contribution in [3.8, 4) is 0 Å². The number of allylic oxidation sites excluding steroid dienone is 6. The smallest absolute Gasteiger partial charge is 0.239 e. The molecule has 0 aromatic carbocycles. The zero-order chi connectivity index (χ0) is 40.4. The van der Waals surface area contributed by atoms with Crippen LogP contribution in [0.5, 0.6) is 0 Å². The second kappa shape index (κ2) is 38.8. The van der Waals surface area contributed by atoms with Crippen molar-refractivity contribution >= 4 is 54.3 Å². The molecule has 0 spiro atoms. The van der Waals surface area contributed by atoms with E-state index in [1.807, 2.05) is 60.1 Å². The molecule has 0 radical (unpaired) electrons. The molecule has 0 rings (SSSR count). The SMILES string of the molecule is CC/C=C\CCC(=O)N(CCCCN(CCCN(CCCNC(=O)[C@@H](N)CO)C(=O)CC/C=C\CC)C(=O)CC/C=C\CC)CCCNC(=O)[C@@H](N)CO.Cl.Cl. The molecule has 0 bridgehead atoms. The monoisotopic (exact) mass is 836 g/mol. The van der Waals surface area contributed by atoms with Crippen LogP contribution < -0.4 is 22.1 Å². The molecule has 0 heterocycles. The molecule has 0 saturated heterocycles. The molecule has 0 aromatic rings. The van der Waals surface area contributed by atoms with Gasteiger partial charge in [-0.1, -0.05) is 57.2 Å². The molecule has 56 heavy (non-hydrogen) atoms. The number of aliphatic hydroxyl groups is 2. The predicted molar refractivity (Wildman–Crippen MR) is 229 cm³/mol. The maximum absolute atomic E-state index is 13.4. The third kappa shape index (κ3) is 29.3. The number of halogens is 2. The molecule has 0 aliphatic carbocycles. The minimum atomic E-state index is -0.984. The third-order valence-corrected chi connectivity index (χ3v) is 8.68. The quantitative estimate of drug-likeness (QED) is 0.0422. The van der Waals surface area contributed by atoms with Gasteiger partial charge in [-0.05, 0) is 70.6 Å². The Morgan fingerprint density at radius 2 is 0.786 bits per heavy atom. The van der Waals surface area contributed by atoms with E-state index in [1.54, 1.807) is 4.90 Å². The average Bonchev–Trinajstić information content (AvgIpc) is 3.17. The van der Waals surface area contributed by atoms with E-state index in [9.17, 15) is 24.0 Å². The lowest BCUT2D eigenvalue weighted by Gasteiger charge is -2.27. The standard InChI is InChI=1S/C40H73N7O7.2ClH/c1-4-7-10-13-21-36(50)45(28-18-24-43-39(53)34(41)32-48)26-16-17-27-46(37(51)22-14-11-8-5-2)30-20-31-47(38(52)23-15-12-9-6-3)29-19-25-44-40(54)35(42)33-49;;/h7-12,34-35,48-49H,4-6,13-33,41-42H2,1-3H3,(H,43,53)(H,44,54);2*1H/b10-7-,11-8-,12-9-;;/t34-,35-;;/m0../s1. The minimum absolute atomic E-state index is 0. The van der Waals surface area contributed by atoms with E-state index in [0.29, 0.717) is 123 Å². The summed E-state index contributed by atoms with van der Waals surface area (Å²) in [7, 11) is 0. The van der Waals surface area contributed by atoms with Crippen LogP contribution in [-0.4, -0.2) is 132 Å². The van der Waals surface area contributed by atoms with E-state index >= 15 is 0 Å². The summed E-state index contributed by atoms with van der Waals surface area (Å²) in [6, 6.07) is -1.96. The maximum atomic E-state index is 13.4. The fourth-order valence-corrected chi connectivity index (χ4v) is 5.48. The normalized spacial score (nSPS) is 12.2. The summed E-state index contributed by atoms with van der Waals surface area (Å²) in [5.74, 6) is -0.765. The Balaban J connectivity index is -0.0000140. The second-order valence-corrected chi connectivity index (χ2v) is 13.3. The number of rotatable bonds is 33. The molecule has 16 heteroatoms. The molecule has 14 nitrogen and oxygen atoms in total. The van der Waals surface area contributed by atoms with Gasteiger partial charge in [0.1, 0.15) is 12.1 Å². The van der Waals surface area contributed by atoms with Gasteiger partial charge in [0, 0.05) is 71.6 Å². The van der Waals surface area contributed by atoms with Crippen molar-refractivity contribution in [1.29, 1.82) is 0 Å². The lowest BCUT2D eigenvalue weighted by Crippen LogP contribution is -2.44. The Morgan fingerprint density at radius 3 is 1.07 bits per heavy atom. The fraction of sp³-hybridized carbons (Fsp3) is 0.725. The van der Waals surface area contributed by atoms with Gasteiger partial charge >= 0.3 is 0 Å². The molecule has 0 aliphatic rings. The number of unbranched alkanes of at least 4 members (excludes halogenated alkanes) is 1. The topological polar surface area (TPSA) is 212 Å². The summed E-state index contributed by atoms with van der Waals surface area (Å²) in [4.78, 5) is 69.1. The summed E-state index contributed by atoms with van der Waals surface area (Å²) in [6.07, 6.45) is 21.0. The first-order chi connectivity index (χ1) is 26.1. The number of nitrogens with zero attached hydrogens (tertiary/aromatic N) is 3. The molecule has 8 N–H and O–H groups in total. The second-order valence-electron chi connectivity index (χ2n) is 13.3. The van der Waals surface area contributed by atoms with E-state index in [2.05, 4.69) is 17.6 Å². The van der Waals surface area contributed by atoms with Gasteiger partial charge in [-0.2, -0.15) is 0 Å². The summed E-state index contributed by atoms with van der Waals surface area (Å²) >= 11 is 0. The van der Waals surface area contributed by atoms with Gasteiger partial charge in [0.2, 0.25) is 29.5 Å². The van der Waals surface area contributed by atoms with Crippen molar-refractivity contribution in [2.45, 2.75) is 123 Å². The van der Waals surface area contributed by atoms with Crippen LogP contribution in [0, 0.1) is 0 Å². The highest BCUT2D eigenvalue weighted by Gasteiger charge is 2.18. The molecule has 0 saturated carbocycles. The lowest BCUT2D eigenvalue weighted by molar-refractivity contribution is -0.133. The number of aliphatic hydroxyl groups excluding tert-OH is 2. The number of carbonyl (C=O) groups is 5. The molecular formula is C40H75Cl2N7O7. The highest BCUT2D eigenvalue weighted by Crippen LogP contribution is 2.09. The largest absolute Gasteiger partial charge is 0.394 e. The van der Waals surface area contributed by atoms with Crippen molar-refractivity contribution in [3.05, 3.63) is 36.5 Å². The van der Waals surface area contributed by atoms with Gasteiger partial charge in [-0.3, -0.25) is 24.0 Å². The molecule has 5 amide bonds. The van der Waals surface area contributed by atoms with Gasteiger partial charge in [0.15, 0.2) is 0 Å². The van der Waals surface area contributed by atoms with Crippen LogP contribution in [-0.2, 0) is 24.0 Å². The number of hydrogen-bond acceptors (Lipinski definition) is 9. The highest BCUT2D eigenvalue weighted by atomic mass is 35.5. The van der Waals surface area contributed by atoms with Gasteiger partial charge in [0.05, 0.1) is 13.2 Å². The fourth-order valence-electron chi connectivity index (χ4n) is 5.48. The molecule has 0 fully saturated rings. The first-order valence-corrected chi connectivity index (χ1v) is 20.1. The molecule has 2 atom stereocenters. The number of amides is 5. The zero-order valence-corrected chi connectivity index (χ0v) is 36.0. The molecular weight excluding hydrogens is 761 g/mol. The van der Waals surface area contributed by atoms with E-state index in [1.165, 1.54) is 0 Å². The number of nitrogens with two attached hydrogens (primary N) is 2. The van der Waals surface area contributed by atoms with Crippen LogP contribution in [0.2, 0.25) is 0 Å². The Kier molecular flexibility index (Phi) is 39.8. The van der Waals surface area contributed by atoms with E-state index in [0.717, 1.165) is 19.3 Å². The van der Waals surface area contributed by atoms with Crippen LogP contribution in [0.1, 0.15) is 111 Å². The van der Waals surface area contributed by atoms with E-state index < -0.39 is 37.1 Å². The maximum Gasteiger partial charge on any atom is 0.239 e. The molecule has 0 aromatic heterocycles. The minimum Gasteiger partial charge on any atom is -0.394 e. The van der Waals surface area contributed by atoms with Gasteiger partial charge in [-0.15, -0.1) is 24.8 Å². The zero-order valence-electron chi connectivity index (χ0n) is 34.3. The Bertz CT molecular complexity index is 1140. The van der Waals surface area contributed by atoms with Gasteiger partial charge in [0.25, 0.3) is 0 Å². The lowest BCUT2D eigenvalue weighted by atomic mass is 10.2. The van der Waals surface area contributed by atoms with Crippen LogP contribution in [0.3, 0.4) is 0 Å². The summed E-state index contributed by atoms with van der Waals surface area (Å²) < 4.78 is 0. The average molecular weight is 837 g/mol. The van der Waals surface area contributed by atoms with E-state index in [-0.39, 0.29) is 42.5 Å². The van der Waals surface area contributed by atoms with Crippen LogP contribution >= 0.6 is 24.8 Å². The van der Waals surface area contributed by atoms with Crippen LogP contribution in [0.25, 0.3) is 0 Å². The van der Waals surface area contributed by atoms with Crippen molar-refractivity contribution in [3.63, 3.8) is 0 Å². The summed E-state index contributed by atoms with van der Waals surface area (Å²) in [6.45, 7) is 8.83. The Hall–Kier alpha value is -3.01. The van der Waals surface area contributed by atoms with Crippen LogP contribution in [0.4, 0.5) is 0 Å². The summed E-state index contributed by atoms with van der Waals surface area (Å²) in [5.41, 5.74) is 11.2. The van der Waals surface area contributed by atoms with Crippen molar-refractivity contribution in [2.75, 3.05) is 65.6 Å². The molecule has 0 unspecified atom stereocenters. The molecule has 326 valence electrons. The number of hydrogen-bond donors (Lipinski definition) is 6. The Morgan fingerprint density at radius 1 is 0.500 bits per heavy atom. The first kappa shape index (κ1) is 57.3. The van der Waals surface area contributed by atoms with Gasteiger partial charge in [-0.25, -0.2) is 0 Å². The van der Waals surface area contributed by atoms with Crippen LogP contribution in [0.15, 0.2) is 36.5 Å². The third-order valence-electron chi connectivity index (χ3n) is 8.68. The first-order valence-electron chi connectivity index (χ1n) is 20.1. The summed E-state index contributed by atoms with van der Waals surface area (Å²) in [5, 5.41) is 23.6. The van der Waals surface area contributed by atoms with Crippen molar-refractivity contribution in [2.24, 2.45) is 11.5 Å². The van der Waals surface area contributed by atoms with Gasteiger partial charge < -0.3 is 47.0 Å². The predicted octanol–water partition coefficient (Wildman–Crippen LogP) is 3.38. The highest BCUT2D eigenvalue weighted by molar-refractivity contribution is 5.85. The number of carbonyl (C=O) groups excluding carboxylic acids is 5. The van der Waals surface area contributed by atoms with Crippen molar-refractivity contribution < 1.29 is 34.2 Å². The van der Waals surface area contributed by atoms with E-state index in [4.69, 9.17) is 21.7 Å².